The van der Waals surface area contributed by atoms with Crippen LogP contribution in [0.3, 0.4) is 0 Å². The van der Waals surface area contributed by atoms with Crippen molar-refractivity contribution in [2.45, 2.75) is 52.5 Å². The number of sulfonamides is 1. The second kappa shape index (κ2) is 7.73. The molecule has 1 rings (SSSR count). The van der Waals surface area contributed by atoms with Gasteiger partial charge in [0.2, 0.25) is 15.9 Å². The Morgan fingerprint density at radius 1 is 1.23 bits per heavy atom. The van der Waals surface area contributed by atoms with E-state index >= 15 is 0 Å². The molecule has 0 saturated heterocycles. The molecule has 0 fully saturated rings. The third kappa shape index (κ3) is 3.86. The molecule has 0 atom stereocenters. The monoisotopic (exact) mass is 330 g/mol. The van der Waals surface area contributed by atoms with Crippen LogP contribution < -0.4 is 5.32 Å². The molecule has 0 radical (unpaired) electrons. The quantitative estimate of drug-likeness (QED) is 0.772. The van der Waals surface area contributed by atoms with Crippen LogP contribution in [0.1, 0.15) is 38.6 Å². The number of carbonyl (C=O) groups is 1. The standard InChI is InChI=1S/C14H26N4O3S/c1-6-9-15-13(19)10-18-12(5)14(11(4)16-18)22(20,21)17(7-2)8-3/h6-10H2,1-5H3,(H,15,19). The van der Waals surface area contributed by atoms with Crippen molar-refractivity contribution in [2.75, 3.05) is 19.6 Å². The van der Waals surface area contributed by atoms with Crippen LogP contribution in [-0.4, -0.2) is 48.0 Å². The van der Waals surface area contributed by atoms with Gasteiger partial charge in [-0.05, 0) is 20.3 Å². The Morgan fingerprint density at radius 3 is 2.32 bits per heavy atom. The summed E-state index contributed by atoms with van der Waals surface area (Å²) in [6.07, 6.45) is 0.852. The minimum atomic E-state index is -3.58. The van der Waals surface area contributed by atoms with Gasteiger partial charge < -0.3 is 5.32 Å². The topological polar surface area (TPSA) is 84.3 Å². The number of amides is 1. The predicted molar refractivity (Wildman–Crippen MR) is 85.1 cm³/mol. The Bertz CT molecular complexity index is 618. The van der Waals surface area contributed by atoms with Gasteiger partial charge in [0.05, 0.1) is 11.4 Å². The third-order valence-corrected chi connectivity index (χ3v) is 5.79. The van der Waals surface area contributed by atoms with Crippen molar-refractivity contribution in [1.82, 2.24) is 19.4 Å². The SMILES string of the molecule is CCCNC(=O)Cn1nc(C)c(S(=O)(=O)N(CC)CC)c1C. The molecular weight excluding hydrogens is 304 g/mol. The van der Waals surface area contributed by atoms with Crippen molar-refractivity contribution < 1.29 is 13.2 Å². The fraction of sp³-hybridized carbons (Fsp3) is 0.714. The Balaban J connectivity index is 3.13. The highest BCUT2D eigenvalue weighted by molar-refractivity contribution is 7.89. The first-order valence-electron chi connectivity index (χ1n) is 7.60. The van der Waals surface area contributed by atoms with E-state index in [1.54, 1.807) is 27.7 Å². The van der Waals surface area contributed by atoms with Crippen molar-refractivity contribution >= 4 is 15.9 Å². The number of nitrogens with one attached hydrogen (secondary N) is 1. The van der Waals surface area contributed by atoms with E-state index in [1.165, 1.54) is 8.99 Å². The Morgan fingerprint density at radius 2 is 1.82 bits per heavy atom. The summed E-state index contributed by atoms with van der Waals surface area (Å²) in [5.41, 5.74) is 0.920. The number of carbonyl (C=O) groups excluding carboxylic acids is 1. The van der Waals surface area contributed by atoms with Crippen LogP contribution in [-0.2, 0) is 21.4 Å². The zero-order valence-corrected chi connectivity index (χ0v) is 14.8. The zero-order valence-electron chi connectivity index (χ0n) is 14.0. The molecular formula is C14H26N4O3S. The van der Waals surface area contributed by atoms with E-state index in [2.05, 4.69) is 10.4 Å². The van der Waals surface area contributed by atoms with Gasteiger partial charge in [-0.2, -0.15) is 9.40 Å². The number of aromatic nitrogens is 2. The van der Waals surface area contributed by atoms with Crippen molar-refractivity contribution in [3.63, 3.8) is 0 Å². The molecule has 0 aliphatic heterocycles. The van der Waals surface area contributed by atoms with Crippen LogP contribution in [0.4, 0.5) is 0 Å². The van der Waals surface area contributed by atoms with Crippen LogP contribution in [0.2, 0.25) is 0 Å². The van der Waals surface area contributed by atoms with Crippen LogP contribution in [0, 0.1) is 13.8 Å². The molecule has 8 heteroatoms. The van der Waals surface area contributed by atoms with Gasteiger partial charge in [0, 0.05) is 19.6 Å². The first kappa shape index (κ1) is 18.6. The highest BCUT2D eigenvalue weighted by atomic mass is 32.2. The summed E-state index contributed by atoms with van der Waals surface area (Å²) in [6.45, 7) is 10.3. The average molecular weight is 330 g/mol. The average Bonchev–Trinajstić information content (AvgIpc) is 2.72. The predicted octanol–water partition coefficient (Wildman–Crippen LogP) is 1.06. The van der Waals surface area contributed by atoms with Gasteiger partial charge in [-0.1, -0.05) is 20.8 Å². The lowest BCUT2D eigenvalue weighted by atomic mass is 10.4. The van der Waals surface area contributed by atoms with Gasteiger partial charge in [-0.3, -0.25) is 9.48 Å². The van der Waals surface area contributed by atoms with Gasteiger partial charge in [0.15, 0.2) is 0 Å². The molecule has 0 aliphatic rings. The molecule has 0 unspecified atom stereocenters. The molecule has 1 N–H and O–H groups in total. The molecule has 0 saturated carbocycles. The summed E-state index contributed by atoms with van der Waals surface area (Å²) in [4.78, 5) is 12.0. The first-order chi connectivity index (χ1) is 10.3. The number of aryl methyl sites for hydroxylation is 1. The maximum absolute atomic E-state index is 12.7. The number of hydrogen-bond donors (Lipinski definition) is 1. The van der Waals surface area contributed by atoms with Crippen LogP contribution >= 0.6 is 0 Å². The highest BCUT2D eigenvalue weighted by Crippen LogP contribution is 2.23. The highest BCUT2D eigenvalue weighted by Gasteiger charge is 2.29. The van der Waals surface area contributed by atoms with E-state index in [4.69, 9.17) is 0 Å². The van der Waals surface area contributed by atoms with Crippen LogP contribution in [0.15, 0.2) is 4.90 Å². The Hall–Kier alpha value is -1.41. The van der Waals surface area contributed by atoms with Gasteiger partial charge in [0.1, 0.15) is 11.4 Å². The van der Waals surface area contributed by atoms with Gasteiger partial charge in [-0.15, -0.1) is 0 Å². The van der Waals surface area contributed by atoms with Gasteiger partial charge >= 0.3 is 0 Å². The van der Waals surface area contributed by atoms with Gasteiger partial charge in [-0.25, -0.2) is 8.42 Å². The van der Waals surface area contributed by atoms with Gasteiger partial charge in [0.25, 0.3) is 0 Å². The molecule has 0 aliphatic carbocycles. The second-order valence-corrected chi connectivity index (χ2v) is 6.97. The molecule has 0 spiro atoms. The molecule has 1 aromatic rings. The summed E-state index contributed by atoms with van der Waals surface area (Å²) < 4.78 is 28.2. The molecule has 22 heavy (non-hydrogen) atoms. The minimum absolute atomic E-state index is 0.0282. The Kier molecular flexibility index (Phi) is 6.55. The van der Waals surface area contributed by atoms with E-state index in [9.17, 15) is 13.2 Å². The molecule has 1 amide bonds. The summed E-state index contributed by atoms with van der Waals surface area (Å²) in [5, 5.41) is 6.99. The fourth-order valence-electron chi connectivity index (χ4n) is 2.36. The van der Waals surface area contributed by atoms with Crippen LogP contribution in [0.25, 0.3) is 0 Å². The number of hydrogen-bond acceptors (Lipinski definition) is 4. The maximum atomic E-state index is 12.7. The van der Waals surface area contributed by atoms with E-state index in [-0.39, 0.29) is 17.3 Å². The lowest BCUT2D eigenvalue weighted by Crippen LogP contribution is -2.31. The largest absolute Gasteiger partial charge is 0.355 e. The summed E-state index contributed by atoms with van der Waals surface area (Å²) in [6, 6.07) is 0. The summed E-state index contributed by atoms with van der Waals surface area (Å²) in [5.74, 6) is -0.167. The molecule has 126 valence electrons. The smallest absolute Gasteiger partial charge is 0.246 e. The van der Waals surface area contributed by atoms with E-state index in [0.29, 0.717) is 31.0 Å². The first-order valence-corrected chi connectivity index (χ1v) is 9.04. The van der Waals surface area contributed by atoms with E-state index in [0.717, 1.165) is 6.42 Å². The minimum Gasteiger partial charge on any atom is -0.355 e. The number of rotatable bonds is 8. The third-order valence-electron chi connectivity index (χ3n) is 3.48. The zero-order chi connectivity index (χ0) is 16.9. The van der Waals surface area contributed by atoms with E-state index < -0.39 is 10.0 Å². The molecule has 0 aromatic carbocycles. The van der Waals surface area contributed by atoms with Crippen LogP contribution in [0.5, 0.6) is 0 Å². The summed E-state index contributed by atoms with van der Waals surface area (Å²) in [7, 11) is -3.58. The van der Waals surface area contributed by atoms with Crippen molar-refractivity contribution in [1.29, 1.82) is 0 Å². The van der Waals surface area contributed by atoms with E-state index in [1.807, 2.05) is 6.92 Å². The molecule has 1 aromatic heterocycles. The normalized spacial score (nSPS) is 11.9. The molecule has 7 nitrogen and oxygen atoms in total. The van der Waals surface area contributed by atoms with Crippen molar-refractivity contribution in [3.05, 3.63) is 11.4 Å². The lowest BCUT2D eigenvalue weighted by Gasteiger charge is -2.18. The lowest BCUT2D eigenvalue weighted by molar-refractivity contribution is -0.121. The van der Waals surface area contributed by atoms with Crippen molar-refractivity contribution in [2.24, 2.45) is 0 Å². The Labute approximate surface area is 132 Å². The van der Waals surface area contributed by atoms with Crippen molar-refractivity contribution in [3.8, 4) is 0 Å². The second-order valence-electron chi connectivity index (χ2n) is 5.10. The fourth-order valence-corrected chi connectivity index (χ4v) is 4.19. The molecule has 0 bridgehead atoms. The summed E-state index contributed by atoms with van der Waals surface area (Å²) >= 11 is 0. The molecule has 1 heterocycles. The number of nitrogens with zero attached hydrogens (tertiary/aromatic N) is 3. The maximum Gasteiger partial charge on any atom is 0.246 e.